The number of likely N-dealkylation sites (tertiary alicyclic amines) is 1. The number of esters is 1. The first kappa shape index (κ1) is 18.2. The molecule has 138 valence electrons. The highest BCUT2D eigenvalue weighted by Crippen LogP contribution is 2.38. The Bertz CT molecular complexity index is 798. The molecular weight excluding hydrogens is 330 g/mol. The van der Waals surface area contributed by atoms with E-state index in [9.17, 15) is 9.59 Å². The van der Waals surface area contributed by atoms with Crippen LogP contribution < -0.4 is 0 Å². The van der Waals surface area contributed by atoms with Crippen molar-refractivity contribution in [2.45, 2.75) is 51.7 Å². The quantitative estimate of drug-likeness (QED) is 0.790. The van der Waals surface area contributed by atoms with Gasteiger partial charge >= 0.3 is 5.97 Å². The third kappa shape index (κ3) is 3.11. The van der Waals surface area contributed by atoms with Gasteiger partial charge in [-0.25, -0.2) is 4.79 Å². The standard InChI is InChI=1S/C20H25N3O3/c1-13(2)23-14(3)16(12-21-23)19(24)22-17(15-8-6-5-7-9-15)10-11-18(22)20(25)26-4/h5-9,12-13,17-18H,10-11H2,1-4H3. The summed E-state index contributed by atoms with van der Waals surface area (Å²) in [5.74, 6) is -0.540. The van der Waals surface area contributed by atoms with Gasteiger partial charge in [0.2, 0.25) is 0 Å². The number of rotatable bonds is 4. The lowest BCUT2D eigenvalue weighted by Gasteiger charge is -2.29. The van der Waals surface area contributed by atoms with Crippen molar-refractivity contribution < 1.29 is 14.3 Å². The highest BCUT2D eigenvalue weighted by molar-refractivity contribution is 5.98. The monoisotopic (exact) mass is 355 g/mol. The number of nitrogens with zero attached hydrogens (tertiary/aromatic N) is 3. The van der Waals surface area contributed by atoms with Crippen molar-refractivity contribution in [3.05, 3.63) is 53.3 Å². The first-order valence-corrected chi connectivity index (χ1v) is 8.95. The van der Waals surface area contributed by atoms with Gasteiger partial charge in [-0.3, -0.25) is 9.48 Å². The molecule has 1 aliphatic heterocycles. The maximum absolute atomic E-state index is 13.4. The molecule has 1 aromatic carbocycles. The number of methoxy groups -OCH3 is 1. The van der Waals surface area contributed by atoms with Gasteiger partial charge in [0, 0.05) is 11.7 Å². The van der Waals surface area contributed by atoms with E-state index in [4.69, 9.17) is 4.74 Å². The van der Waals surface area contributed by atoms with E-state index in [1.54, 1.807) is 11.1 Å². The van der Waals surface area contributed by atoms with E-state index in [-0.39, 0.29) is 24.0 Å². The third-order valence-electron chi connectivity index (χ3n) is 5.04. The zero-order valence-electron chi connectivity index (χ0n) is 15.7. The SMILES string of the molecule is COC(=O)C1CCC(c2ccccc2)N1C(=O)c1cnn(C(C)C)c1C. The van der Waals surface area contributed by atoms with Crippen molar-refractivity contribution >= 4 is 11.9 Å². The maximum atomic E-state index is 13.4. The molecule has 3 rings (SSSR count). The fourth-order valence-corrected chi connectivity index (χ4v) is 3.76. The van der Waals surface area contributed by atoms with E-state index in [0.29, 0.717) is 12.0 Å². The predicted octanol–water partition coefficient (Wildman–Crippen LogP) is 3.29. The topological polar surface area (TPSA) is 64.4 Å². The van der Waals surface area contributed by atoms with Crippen LogP contribution in [0.1, 0.15) is 60.4 Å². The van der Waals surface area contributed by atoms with E-state index in [0.717, 1.165) is 17.7 Å². The summed E-state index contributed by atoms with van der Waals surface area (Å²) in [6.45, 7) is 5.93. The molecule has 2 heterocycles. The summed E-state index contributed by atoms with van der Waals surface area (Å²) >= 11 is 0. The van der Waals surface area contributed by atoms with Crippen LogP contribution in [0.4, 0.5) is 0 Å². The van der Waals surface area contributed by atoms with Gasteiger partial charge in [-0.2, -0.15) is 5.10 Å². The number of amides is 1. The molecule has 0 N–H and O–H groups in total. The molecule has 1 fully saturated rings. The smallest absolute Gasteiger partial charge is 0.328 e. The molecule has 1 aliphatic rings. The lowest BCUT2D eigenvalue weighted by molar-refractivity contribution is -0.145. The van der Waals surface area contributed by atoms with Crippen molar-refractivity contribution in [1.82, 2.24) is 14.7 Å². The van der Waals surface area contributed by atoms with Crippen LogP contribution in [0.3, 0.4) is 0 Å². The molecule has 26 heavy (non-hydrogen) atoms. The van der Waals surface area contributed by atoms with Gasteiger partial charge < -0.3 is 9.64 Å². The molecule has 1 aromatic heterocycles. The fourth-order valence-electron chi connectivity index (χ4n) is 3.76. The lowest BCUT2D eigenvalue weighted by atomic mass is 10.0. The molecule has 2 aromatic rings. The Morgan fingerprint density at radius 2 is 1.88 bits per heavy atom. The third-order valence-corrected chi connectivity index (χ3v) is 5.04. The number of aromatic nitrogens is 2. The maximum Gasteiger partial charge on any atom is 0.328 e. The van der Waals surface area contributed by atoms with Crippen LogP contribution in [0.2, 0.25) is 0 Å². The van der Waals surface area contributed by atoms with Crippen LogP contribution in [0.15, 0.2) is 36.5 Å². The fraction of sp³-hybridized carbons (Fsp3) is 0.450. The molecule has 0 aliphatic carbocycles. The number of carbonyl (C=O) groups is 2. The van der Waals surface area contributed by atoms with Crippen LogP contribution in [-0.2, 0) is 9.53 Å². The Balaban J connectivity index is 2.00. The van der Waals surface area contributed by atoms with Crippen molar-refractivity contribution in [2.75, 3.05) is 7.11 Å². The normalized spacial score (nSPS) is 19.8. The minimum absolute atomic E-state index is 0.144. The molecule has 0 bridgehead atoms. The summed E-state index contributed by atoms with van der Waals surface area (Å²) in [5.41, 5.74) is 2.38. The average molecular weight is 355 g/mol. The molecule has 1 amide bonds. The van der Waals surface area contributed by atoms with Crippen molar-refractivity contribution in [1.29, 1.82) is 0 Å². The highest BCUT2D eigenvalue weighted by Gasteiger charge is 2.43. The minimum Gasteiger partial charge on any atom is -0.467 e. The van der Waals surface area contributed by atoms with Crippen LogP contribution >= 0.6 is 0 Å². The molecule has 6 nitrogen and oxygen atoms in total. The van der Waals surface area contributed by atoms with Gasteiger partial charge in [0.05, 0.1) is 24.9 Å². The molecule has 0 radical (unpaired) electrons. The highest BCUT2D eigenvalue weighted by atomic mass is 16.5. The van der Waals surface area contributed by atoms with E-state index in [2.05, 4.69) is 5.10 Å². The Hall–Kier alpha value is -2.63. The lowest BCUT2D eigenvalue weighted by Crippen LogP contribution is -2.42. The van der Waals surface area contributed by atoms with E-state index >= 15 is 0 Å². The second-order valence-electron chi connectivity index (χ2n) is 6.94. The molecule has 6 heteroatoms. The summed E-state index contributed by atoms with van der Waals surface area (Å²) in [4.78, 5) is 27.4. The molecule has 0 saturated carbocycles. The van der Waals surface area contributed by atoms with Crippen LogP contribution in [0.25, 0.3) is 0 Å². The second kappa shape index (κ2) is 7.32. The minimum atomic E-state index is -0.570. The summed E-state index contributed by atoms with van der Waals surface area (Å²) in [5, 5.41) is 4.35. The number of carbonyl (C=O) groups excluding carboxylic acids is 2. The van der Waals surface area contributed by atoms with Gasteiger partial charge in [0.1, 0.15) is 6.04 Å². The Labute approximate surface area is 153 Å². The van der Waals surface area contributed by atoms with Gasteiger partial charge in [0.15, 0.2) is 0 Å². The summed E-state index contributed by atoms with van der Waals surface area (Å²) in [7, 11) is 1.36. The van der Waals surface area contributed by atoms with Crippen LogP contribution in [-0.4, -0.2) is 39.7 Å². The largest absolute Gasteiger partial charge is 0.467 e. The van der Waals surface area contributed by atoms with E-state index < -0.39 is 6.04 Å². The number of hydrogen-bond donors (Lipinski definition) is 0. The Morgan fingerprint density at radius 3 is 2.46 bits per heavy atom. The first-order chi connectivity index (χ1) is 12.5. The summed E-state index contributed by atoms with van der Waals surface area (Å²) < 4.78 is 6.78. The Kier molecular flexibility index (Phi) is 5.11. The predicted molar refractivity (Wildman–Crippen MR) is 97.7 cm³/mol. The zero-order valence-corrected chi connectivity index (χ0v) is 15.7. The van der Waals surface area contributed by atoms with Crippen LogP contribution in [0.5, 0.6) is 0 Å². The zero-order chi connectivity index (χ0) is 18.8. The van der Waals surface area contributed by atoms with Gasteiger partial charge in [0.25, 0.3) is 5.91 Å². The summed E-state index contributed by atoms with van der Waals surface area (Å²) in [6.07, 6.45) is 2.93. The van der Waals surface area contributed by atoms with Crippen molar-refractivity contribution in [3.63, 3.8) is 0 Å². The van der Waals surface area contributed by atoms with E-state index in [1.165, 1.54) is 7.11 Å². The van der Waals surface area contributed by atoms with Crippen LogP contribution in [0, 0.1) is 6.92 Å². The first-order valence-electron chi connectivity index (χ1n) is 8.95. The average Bonchev–Trinajstić information content (AvgIpc) is 3.25. The van der Waals surface area contributed by atoms with Gasteiger partial charge in [-0.05, 0) is 39.2 Å². The van der Waals surface area contributed by atoms with Gasteiger partial charge in [-0.1, -0.05) is 30.3 Å². The van der Waals surface area contributed by atoms with Crippen molar-refractivity contribution in [3.8, 4) is 0 Å². The molecule has 2 atom stereocenters. The molecule has 1 saturated heterocycles. The molecule has 0 spiro atoms. The molecular formula is C20H25N3O3. The second-order valence-corrected chi connectivity index (χ2v) is 6.94. The number of hydrogen-bond acceptors (Lipinski definition) is 4. The van der Waals surface area contributed by atoms with Crippen molar-refractivity contribution in [2.24, 2.45) is 0 Å². The molecule has 2 unspecified atom stereocenters. The number of benzene rings is 1. The van der Waals surface area contributed by atoms with Gasteiger partial charge in [-0.15, -0.1) is 0 Å². The Morgan fingerprint density at radius 1 is 1.19 bits per heavy atom. The van der Waals surface area contributed by atoms with E-state index in [1.807, 2.05) is 55.8 Å². The summed E-state index contributed by atoms with van der Waals surface area (Å²) in [6, 6.07) is 9.28. The number of ether oxygens (including phenoxy) is 1.